The molecule has 0 atom stereocenters. The molecule has 3 rings (SSSR count). The van der Waals surface area contributed by atoms with Crippen molar-refractivity contribution in [2.24, 2.45) is 0 Å². The highest BCUT2D eigenvalue weighted by molar-refractivity contribution is 7.13. The summed E-state index contributed by atoms with van der Waals surface area (Å²) in [4.78, 5) is 8.93. The van der Waals surface area contributed by atoms with E-state index in [1.54, 1.807) is 41.7 Å². The zero-order valence-corrected chi connectivity index (χ0v) is 15.8. The zero-order chi connectivity index (χ0) is 17.3. The molecule has 0 saturated heterocycles. The van der Waals surface area contributed by atoms with Gasteiger partial charge in [0.05, 0.1) is 5.69 Å². The second-order valence-corrected chi connectivity index (χ2v) is 8.04. The fourth-order valence-corrected chi connectivity index (χ4v) is 3.38. The highest BCUT2D eigenvalue weighted by atomic mass is 35.5. The quantitative estimate of drug-likeness (QED) is 0.481. The van der Waals surface area contributed by atoms with Gasteiger partial charge in [-0.15, -0.1) is 11.3 Å². The number of benzene rings is 1. The van der Waals surface area contributed by atoms with E-state index in [-0.39, 0.29) is 5.41 Å². The molecule has 0 aliphatic rings. The van der Waals surface area contributed by atoms with Gasteiger partial charge < -0.3 is 4.74 Å². The molecule has 3 nitrogen and oxygen atoms in total. The lowest BCUT2D eigenvalue weighted by Crippen LogP contribution is -2.11. The normalized spacial score (nSPS) is 11.5. The maximum Gasteiger partial charge on any atom is 0.221 e. The number of rotatable bonds is 3. The van der Waals surface area contributed by atoms with Crippen LogP contribution in [-0.2, 0) is 5.41 Å². The van der Waals surface area contributed by atoms with Crippen molar-refractivity contribution in [1.29, 1.82) is 0 Å². The molecule has 0 aliphatic heterocycles. The fourth-order valence-electron chi connectivity index (χ4n) is 2.02. The average Bonchev–Trinajstić information content (AvgIpc) is 2.99. The van der Waals surface area contributed by atoms with Gasteiger partial charge in [0.2, 0.25) is 5.88 Å². The maximum atomic E-state index is 6.15. The third-order valence-corrected chi connectivity index (χ3v) is 4.66. The molecule has 0 amide bonds. The Labute approximate surface area is 155 Å². The first-order valence-corrected chi connectivity index (χ1v) is 9.02. The molecule has 0 radical (unpaired) electrons. The Morgan fingerprint density at radius 2 is 1.71 bits per heavy atom. The molecular formula is C18H16Cl2N2OS. The molecule has 0 fully saturated rings. The van der Waals surface area contributed by atoms with Gasteiger partial charge >= 0.3 is 0 Å². The third kappa shape index (κ3) is 4.07. The first kappa shape index (κ1) is 17.2. The molecule has 3 aromatic rings. The molecular weight excluding hydrogens is 363 g/mol. The van der Waals surface area contributed by atoms with Gasteiger partial charge in [-0.2, -0.15) is 0 Å². The van der Waals surface area contributed by atoms with E-state index in [0.29, 0.717) is 21.8 Å². The molecule has 124 valence electrons. The number of hydrogen-bond acceptors (Lipinski definition) is 4. The summed E-state index contributed by atoms with van der Waals surface area (Å²) in [6, 6.07) is 10.7. The summed E-state index contributed by atoms with van der Waals surface area (Å²) in [5, 5.41) is 3.98. The minimum Gasteiger partial charge on any atom is -0.439 e. The van der Waals surface area contributed by atoms with Crippen molar-refractivity contribution in [3.8, 4) is 22.2 Å². The van der Waals surface area contributed by atoms with Gasteiger partial charge in [0, 0.05) is 27.4 Å². The number of aromatic nitrogens is 2. The fraction of sp³-hybridized carbons (Fsp3) is 0.222. The van der Waals surface area contributed by atoms with Crippen LogP contribution in [0.1, 0.15) is 26.5 Å². The minimum absolute atomic E-state index is 0.00815. The standard InChI is InChI=1S/C18H16Cl2N2OS/c1-18(2,3)14-10-24-17(21-14)11-8-15(20)22-16(9-11)23-13-6-4-12(19)5-7-13/h4-10H,1-3H3. The van der Waals surface area contributed by atoms with Gasteiger partial charge in [0.15, 0.2) is 0 Å². The summed E-state index contributed by atoms with van der Waals surface area (Å²) in [6.07, 6.45) is 0. The van der Waals surface area contributed by atoms with Crippen molar-refractivity contribution >= 4 is 34.5 Å². The number of thiazole rings is 1. The molecule has 1 aromatic carbocycles. The second kappa shape index (κ2) is 6.71. The van der Waals surface area contributed by atoms with E-state index >= 15 is 0 Å². The smallest absolute Gasteiger partial charge is 0.221 e. The number of hydrogen-bond donors (Lipinski definition) is 0. The van der Waals surface area contributed by atoms with Crippen LogP contribution in [0.25, 0.3) is 10.6 Å². The predicted molar refractivity (Wildman–Crippen MR) is 101 cm³/mol. The maximum absolute atomic E-state index is 6.15. The lowest BCUT2D eigenvalue weighted by atomic mass is 9.93. The van der Waals surface area contributed by atoms with Crippen molar-refractivity contribution < 1.29 is 4.74 Å². The monoisotopic (exact) mass is 378 g/mol. The van der Waals surface area contributed by atoms with Crippen molar-refractivity contribution in [2.45, 2.75) is 26.2 Å². The van der Waals surface area contributed by atoms with Crippen LogP contribution >= 0.6 is 34.5 Å². The second-order valence-electron chi connectivity index (χ2n) is 6.36. The zero-order valence-electron chi connectivity index (χ0n) is 13.5. The molecule has 6 heteroatoms. The largest absolute Gasteiger partial charge is 0.439 e. The van der Waals surface area contributed by atoms with Crippen LogP contribution in [0.5, 0.6) is 11.6 Å². The van der Waals surface area contributed by atoms with E-state index in [9.17, 15) is 0 Å². The van der Waals surface area contributed by atoms with Gasteiger partial charge in [-0.05, 0) is 30.3 Å². The Bertz CT molecular complexity index is 854. The summed E-state index contributed by atoms with van der Waals surface area (Å²) in [7, 11) is 0. The number of halogens is 2. The first-order chi connectivity index (χ1) is 11.3. The van der Waals surface area contributed by atoms with E-state index in [2.05, 4.69) is 31.1 Å². The van der Waals surface area contributed by atoms with E-state index in [4.69, 9.17) is 32.9 Å². The van der Waals surface area contributed by atoms with Gasteiger partial charge in [0.25, 0.3) is 0 Å². The number of nitrogens with zero attached hydrogens (tertiary/aromatic N) is 2. The van der Waals surface area contributed by atoms with Crippen molar-refractivity contribution in [3.05, 3.63) is 57.6 Å². The van der Waals surface area contributed by atoms with Gasteiger partial charge in [-0.3, -0.25) is 0 Å². The lowest BCUT2D eigenvalue weighted by molar-refractivity contribution is 0.463. The van der Waals surface area contributed by atoms with Crippen LogP contribution < -0.4 is 4.74 Å². The van der Waals surface area contributed by atoms with Crippen molar-refractivity contribution in [1.82, 2.24) is 9.97 Å². The molecule has 0 unspecified atom stereocenters. The Morgan fingerprint density at radius 1 is 1.00 bits per heavy atom. The topological polar surface area (TPSA) is 35.0 Å². The van der Waals surface area contributed by atoms with Crippen LogP contribution in [0.15, 0.2) is 41.8 Å². The van der Waals surface area contributed by atoms with Crippen LogP contribution in [0.3, 0.4) is 0 Å². The van der Waals surface area contributed by atoms with E-state index < -0.39 is 0 Å². The Kier molecular flexibility index (Phi) is 4.81. The summed E-state index contributed by atoms with van der Waals surface area (Å²) < 4.78 is 5.77. The lowest BCUT2D eigenvalue weighted by Gasteiger charge is -2.14. The molecule has 0 saturated carbocycles. The van der Waals surface area contributed by atoms with Gasteiger partial charge in [-0.25, -0.2) is 9.97 Å². The average molecular weight is 379 g/mol. The van der Waals surface area contributed by atoms with E-state index in [1.165, 1.54) is 0 Å². The predicted octanol–water partition coefficient (Wildman–Crippen LogP) is 6.60. The summed E-state index contributed by atoms with van der Waals surface area (Å²) in [6.45, 7) is 6.42. The molecule has 0 spiro atoms. The Morgan fingerprint density at radius 3 is 2.33 bits per heavy atom. The Hall–Kier alpha value is -1.62. The third-order valence-electron chi connectivity index (χ3n) is 3.33. The molecule has 0 N–H and O–H groups in total. The number of ether oxygens (including phenoxy) is 1. The van der Waals surface area contributed by atoms with Crippen LogP contribution in [-0.4, -0.2) is 9.97 Å². The summed E-state index contributed by atoms with van der Waals surface area (Å²) in [5.41, 5.74) is 1.95. The molecule has 24 heavy (non-hydrogen) atoms. The molecule has 2 heterocycles. The SMILES string of the molecule is CC(C)(C)c1csc(-c2cc(Cl)nc(Oc3ccc(Cl)cc3)c2)n1. The molecule has 0 bridgehead atoms. The first-order valence-electron chi connectivity index (χ1n) is 7.39. The van der Waals surface area contributed by atoms with E-state index in [1.807, 2.05) is 6.07 Å². The summed E-state index contributed by atoms with van der Waals surface area (Å²) >= 11 is 13.6. The van der Waals surface area contributed by atoms with Crippen molar-refractivity contribution in [3.63, 3.8) is 0 Å². The van der Waals surface area contributed by atoms with Crippen LogP contribution in [0.2, 0.25) is 10.2 Å². The summed E-state index contributed by atoms with van der Waals surface area (Å²) in [5.74, 6) is 1.07. The van der Waals surface area contributed by atoms with Crippen LogP contribution in [0, 0.1) is 0 Å². The van der Waals surface area contributed by atoms with Crippen molar-refractivity contribution in [2.75, 3.05) is 0 Å². The Balaban J connectivity index is 1.91. The minimum atomic E-state index is 0.00815. The van der Waals surface area contributed by atoms with Crippen LogP contribution in [0.4, 0.5) is 0 Å². The molecule has 0 aliphatic carbocycles. The number of pyridine rings is 1. The van der Waals surface area contributed by atoms with Gasteiger partial charge in [0.1, 0.15) is 15.9 Å². The highest BCUT2D eigenvalue weighted by Gasteiger charge is 2.18. The van der Waals surface area contributed by atoms with Gasteiger partial charge in [-0.1, -0.05) is 44.0 Å². The highest BCUT2D eigenvalue weighted by Crippen LogP contribution is 2.33. The van der Waals surface area contributed by atoms with E-state index in [0.717, 1.165) is 16.3 Å². The molecule has 2 aromatic heterocycles.